The second-order valence-corrected chi connectivity index (χ2v) is 5.70. The van der Waals surface area contributed by atoms with E-state index in [4.69, 9.17) is 0 Å². The molecule has 1 amide bonds. The SMILES string of the molecule is C[C@@H]1c2nc(C3CC3)nn2CCN1C(=O)CCC(F)(F)F. The van der Waals surface area contributed by atoms with Crippen LogP contribution in [0, 0.1) is 0 Å². The maximum atomic E-state index is 12.2. The topological polar surface area (TPSA) is 51.0 Å². The molecule has 0 bridgehead atoms. The van der Waals surface area contributed by atoms with Crippen molar-refractivity contribution in [2.75, 3.05) is 6.54 Å². The lowest BCUT2D eigenvalue weighted by molar-refractivity contribution is -0.151. The Bertz CT molecular complexity index is 550. The summed E-state index contributed by atoms with van der Waals surface area (Å²) in [6, 6.07) is -0.320. The molecule has 1 fully saturated rings. The molecule has 1 aromatic rings. The molecule has 0 spiro atoms. The number of hydrogen-bond donors (Lipinski definition) is 0. The fraction of sp³-hybridized carbons (Fsp3) is 0.769. The highest BCUT2D eigenvalue weighted by atomic mass is 19.4. The largest absolute Gasteiger partial charge is 0.389 e. The molecule has 1 aliphatic carbocycles. The highest BCUT2D eigenvalue weighted by Gasteiger charge is 2.36. The number of alkyl halides is 3. The molecule has 1 saturated carbocycles. The van der Waals surface area contributed by atoms with Crippen molar-refractivity contribution in [3.8, 4) is 0 Å². The molecule has 0 saturated heterocycles. The summed E-state index contributed by atoms with van der Waals surface area (Å²) in [4.78, 5) is 17.9. The van der Waals surface area contributed by atoms with E-state index in [-0.39, 0.29) is 6.04 Å². The van der Waals surface area contributed by atoms with Crippen LogP contribution in [0.15, 0.2) is 0 Å². The standard InChI is InChI=1S/C13H17F3N4O/c1-8-12-17-11(9-2-3-9)18-20(12)7-6-19(8)10(21)4-5-13(14,15)16/h8-9H,2-7H2,1H3/t8-/m1/s1. The summed E-state index contributed by atoms with van der Waals surface area (Å²) >= 11 is 0. The van der Waals surface area contributed by atoms with E-state index >= 15 is 0 Å². The smallest absolute Gasteiger partial charge is 0.331 e. The van der Waals surface area contributed by atoms with Gasteiger partial charge in [-0.3, -0.25) is 4.79 Å². The molecular weight excluding hydrogens is 285 g/mol. The summed E-state index contributed by atoms with van der Waals surface area (Å²) < 4.78 is 38.4. The number of carbonyl (C=O) groups excluding carboxylic acids is 1. The van der Waals surface area contributed by atoms with Crippen molar-refractivity contribution >= 4 is 5.91 Å². The summed E-state index contributed by atoms with van der Waals surface area (Å²) in [6.07, 6.45) is -3.70. The van der Waals surface area contributed by atoms with Gasteiger partial charge in [-0.25, -0.2) is 9.67 Å². The number of aromatic nitrogens is 3. The first-order chi connectivity index (χ1) is 9.85. The molecule has 116 valence electrons. The Labute approximate surface area is 120 Å². The fourth-order valence-electron chi connectivity index (χ4n) is 2.63. The lowest BCUT2D eigenvalue weighted by Gasteiger charge is -2.33. The third-order valence-corrected chi connectivity index (χ3v) is 4.00. The van der Waals surface area contributed by atoms with Gasteiger partial charge in [0.1, 0.15) is 5.82 Å². The van der Waals surface area contributed by atoms with Gasteiger partial charge >= 0.3 is 6.18 Å². The van der Waals surface area contributed by atoms with Crippen molar-refractivity contribution < 1.29 is 18.0 Å². The number of fused-ring (bicyclic) bond motifs is 1. The third-order valence-electron chi connectivity index (χ3n) is 4.00. The van der Waals surface area contributed by atoms with Gasteiger partial charge in [0.25, 0.3) is 0 Å². The van der Waals surface area contributed by atoms with Crippen LogP contribution >= 0.6 is 0 Å². The summed E-state index contributed by atoms with van der Waals surface area (Å²) in [5, 5.41) is 4.43. The van der Waals surface area contributed by atoms with Crippen LogP contribution in [-0.4, -0.2) is 38.3 Å². The van der Waals surface area contributed by atoms with Gasteiger partial charge in [-0.1, -0.05) is 0 Å². The normalized spacial score (nSPS) is 22.3. The summed E-state index contributed by atoms with van der Waals surface area (Å²) in [6.45, 7) is 2.68. The van der Waals surface area contributed by atoms with Gasteiger partial charge in [0, 0.05) is 18.9 Å². The van der Waals surface area contributed by atoms with Crippen LogP contribution in [-0.2, 0) is 11.3 Å². The maximum absolute atomic E-state index is 12.2. The van der Waals surface area contributed by atoms with Gasteiger partial charge in [-0.2, -0.15) is 18.3 Å². The van der Waals surface area contributed by atoms with Gasteiger partial charge < -0.3 is 4.90 Å². The van der Waals surface area contributed by atoms with Gasteiger partial charge in [0.15, 0.2) is 5.82 Å². The van der Waals surface area contributed by atoms with E-state index in [1.54, 1.807) is 11.6 Å². The monoisotopic (exact) mass is 302 g/mol. The number of amides is 1. The van der Waals surface area contributed by atoms with Crippen molar-refractivity contribution in [3.05, 3.63) is 11.6 Å². The molecule has 1 atom stereocenters. The summed E-state index contributed by atoms with van der Waals surface area (Å²) in [5.74, 6) is 1.44. The van der Waals surface area contributed by atoms with E-state index in [1.165, 1.54) is 4.90 Å². The lowest BCUT2D eigenvalue weighted by Crippen LogP contribution is -2.41. The molecule has 8 heteroatoms. The summed E-state index contributed by atoms with van der Waals surface area (Å²) in [5.41, 5.74) is 0. The number of rotatable bonds is 3. The van der Waals surface area contributed by atoms with Crippen LogP contribution in [0.4, 0.5) is 13.2 Å². The first-order valence-electron chi connectivity index (χ1n) is 7.16. The average molecular weight is 302 g/mol. The van der Waals surface area contributed by atoms with E-state index < -0.39 is 24.9 Å². The Hall–Kier alpha value is -1.60. The molecule has 0 radical (unpaired) electrons. The van der Waals surface area contributed by atoms with E-state index in [1.807, 2.05) is 0 Å². The minimum Gasteiger partial charge on any atom is -0.331 e. The molecular formula is C13H17F3N4O. The lowest BCUT2D eigenvalue weighted by atomic mass is 10.1. The molecule has 2 heterocycles. The third kappa shape index (κ3) is 3.03. The van der Waals surface area contributed by atoms with Crippen LogP contribution in [0.1, 0.15) is 56.2 Å². The van der Waals surface area contributed by atoms with E-state index in [0.29, 0.717) is 24.8 Å². The number of hydrogen-bond acceptors (Lipinski definition) is 3. The van der Waals surface area contributed by atoms with Crippen LogP contribution in [0.2, 0.25) is 0 Å². The predicted molar refractivity (Wildman–Crippen MR) is 67.4 cm³/mol. The van der Waals surface area contributed by atoms with Crippen molar-refractivity contribution in [3.63, 3.8) is 0 Å². The second-order valence-electron chi connectivity index (χ2n) is 5.70. The van der Waals surface area contributed by atoms with Crippen LogP contribution in [0.3, 0.4) is 0 Å². The van der Waals surface area contributed by atoms with Crippen molar-refractivity contribution in [1.82, 2.24) is 19.7 Å². The quantitative estimate of drug-likeness (QED) is 0.861. The second kappa shape index (κ2) is 4.99. The molecule has 0 unspecified atom stereocenters. The Morgan fingerprint density at radius 3 is 2.67 bits per heavy atom. The Kier molecular flexibility index (Phi) is 3.41. The molecule has 0 N–H and O–H groups in total. The minimum absolute atomic E-state index is 0.320. The average Bonchev–Trinajstić information content (AvgIpc) is 3.15. The first kappa shape index (κ1) is 14.3. The zero-order valence-electron chi connectivity index (χ0n) is 11.7. The maximum Gasteiger partial charge on any atom is 0.389 e. The highest BCUT2D eigenvalue weighted by Crippen LogP contribution is 2.39. The van der Waals surface area contributed by atoms with Crippen LogP contribution < -0.4 is 0 Å². The van der Waals surface area contributed by atoms with Crippen molar-refractivity contribution in [2.45, 2.75) is 57.3 Å². The molecule has 2 aliphatic rings. The molecule has 5 nitrogen and oxygen atoms in total. The van der Waals surface area contributed by atoms with E-state index in [0.717, 1.165) is 18.7 Å². The zero-order chi connectivity index (χ0) is 15.2. The zero-order valence-corrected chi connectivity index (χ0v) is 11.7. The fourth-order valence-corrected chi connectivity index (χ4v) is 2.63. The van der Waals surface area contributed by atoms with E-state index in [9.17, 15) is 18.0 Å². The van der Waals surface area contributed by atoms with Crippen molar-refractivity contribution in [1.29, 1.82) is 0 Å². The van der Waals surface area contributed by atoms with Crippen LogP contribution in [0.25, 0.3) is 0 Å². The van der Waals surface area contributed by atoms with E-state index in [2.05, 4.69) is 10.1 Å². The molecule has 1 aliphatic heterocycles. The van der Waals surface area contributed by atoms with Gasteiger partial charge in [-0.15, -0.1) is 0 Å². The first-order valence-corrected chi connectivity index (χ1v) is 7.16. The Balaban J connectivity index is 1.69. The van der Waals surface area contributed by atoms with Gasteiger partial charge in [0.2, 0.25) is 5.91 Å². The number of carbonyl (C=O) groups is 1. The highest BCUT2D eigenvalue weighted by molar-refractivity contribution is 5.76. The van der Waals surface area contributed by atoms with Crippen LogP contribution in [0.5, 0.6) is 0 Å². The minimum atomic E-state index is -4.30. The number of halogens is 3. The summed E-state index contributed by atoms with van der Waals surface area (Å²) in [7, 11) is 0. The molecule has 0 aromatic carbocycles. The molecule has 21 heavy (non-hydrogen) atoms. The van der Waals surface area contributed by atoms with Gasteiger partial charge in [0.05, 0.1) is 19.0 Å². The molecule has 1 aromatic heterocycles. The predicted octanol–water partition coefficient (Wildman–Crippen LogP) is 2.40. The molecule has 3 rings (SSSR count). The Morgan fingerprint density at radius 2 is 2.05 bits per heavy atom. The van der Waals surface area contributed by atoms with Crippen molar-refractivity contribution in [2.24, 2.45) is 0 Å². The Morgan fingerprint density at radius 1 is 1.33 bits per heavy atom. The van der Waals surface area contributed by atoms with Gasteiger partial charge in [-0.05, 0) is 19.8 Å². The number of nitrogens with zero attached hydrogens (tertiary/aromatic N) is 4.